The van der Waals surface area contributed by atoms with Crippen molar-refractivity contribution in [1.82, 2.24) is 0 Å². The summed E-state index contributed by atoms with van der Waals surface area (Å²) in [7, 11) is 1.51. The van der Waals surface area contributed by atoms with Crippen LogP contribution < -0.4 is 0 Å². The van der Waals surface area contributed by atoms with Gasteiger partial charge >= 0.3 is 5.97 Å². The Bertz CT molecular complexity index is 238. The summed E-state index contributed by atoms with van der Waals surface area (Å²) in [6.07, 6.45) is 0. The van der Waals surface area contributed by atoms with Crippen molar-refractivity contribution < 1.29 is 14.3 Å². The summed E-state index contributed by atoms with van der Waals surface area (Å²) in [5, 5.41) is 0.385. The van der Waals surface area contributed by atoms with Crippen LogP contribution >= 0.6 is 23.2 Å². The average molecular weight is 225 g/mol. The summed E-state index contributed by atoms with van der Waals surface area (Å²) in [5.74, 6) is -0.148. The number of esters is 1. The Morgan fingerprint density at radius 2 is 2.46 bits per heavy atom. The van der Waals surface area contributed by atoms with Gasteiger partial charge in [0, 0.05) is 18.9 Å². The number of halogens is 2. The molecule has 1 atom stereocenters. The zero-order chi connectivity index (χ0) is 9.84. The van der Waals surface area contributed by atoms with Gasteiger partial charge < -0.3 is 9.47 Å². The fourth-order valence-corrected chi connectivity index (χ4v) is 1.75. The number of alkyl halides is 1. The molecular formula is C8H10Cl2O3. The molecule has 0 saturated carbocycles. The van der Waals surface area contributed by atoms with Gasteiger partial charge in [-0.3, -0.25) is 0 Å². The van der Waals surface area contributed by atoms with Crippen LogP contribution in [-0.2, 0) is 14.3 Å². The molecule has 0 aliphatic carbocycles. The SMILES string of the molecule is COC/C(Cl)=C1\C(=O)OC[C@@H]1CCl. The predicted octanol–water partition coefficient (Wildman–Crippen LogP) is 1.54. The van der Waals surface area contributed by atoms with Gasteiger partial charge in [0.05, 0.1) is 23.8 Å². The lowest BCUT2D eigenvalue weighted by Gasteiger charge is -2.05. The predicted molar refractivity (Wildman–Crippen MR) is 49.9 cm³/mol. The van der Waals surface area contributed by atoms with Gasteiger partial charge in [-0.1, -0.05) is 11.6 Å². The van der Waals surface area contributed by atoms with Gasteiger partial charge in [-0.05, 0) is 0 Å². The van der Waals surface area contributed by atoms with E-state index in [0.717, 1.165) is 0 Å². The summed E-state index contributed by atoms with van der Waals surface area (Å²) in [6.45, 7) is 0.539. The largest absolute Gasteiger partial charge is 0.462 e. The molecule has 0 spiro atoms. The van der Waals surface area contributed by atoms with E-state index in [1.165, 1.54) is 7.11 Å². The lowest BCUT2D eigenvalue weighted by molar-refractivity contribution is -0.135. The van der Waals surface area contributed by atoms with Crippen LogP contribution in [0.25, 0.3) is 0 Å². The van der Waals surface area contributed by atoms with Gasteiger partial charge in [-0.15, -0.1) is 11.6 Å². The van der Waals surface area contributed by atoms with Crippen LogP contribution in [0.1, 0.15) is 0 Å². The molecule has 1 saturated heterocycles. The molecule has 0 radical (unpaired) electrons. The molecule has 1 aliphatic rings. The Morgan fingerprint density at radius 1 is 1.77 bits per heavy atom. The highest BCUT2D eigenvalue weighted by Gasteiger charge is 2.32. The van der Waals surface area contributed by atoms with Crippen molar-refractivity contribution in [2.75, 3.05) is 26.2 Å². The average Bonchev–Trinajstić information content (AvgIpc) is 2.47. The second kappa shape index (κ2) is 4.84. The summed E-state index contributed by atoms with van der Waals surface area (Å²) in [5.41, 5.74) is 0.457. The molecule has 0 bridgehead atoms. The molecule has 3 nitrogen and oxygen atoms in total. The van der Waals surface area contributed by atoms with Gasteiger partial charge in [-0.2, -0.15) is 0 Å². The molecule has 1 rings (SSSR count). The van der Waals surface area contributed by atoms with E-state index >= 15 is 0 Å². The first kappa shape index (κ1) is 10.8. The molecule has 1 aliphatic heterocycles. The summed E-state index contributed by atoms with van der Waals surface area (Å²) < 4.78 is 9.63. The van der Waals surface area contributed by atoms with Crippen LogP contribution in [0.2, 0.25) is 0 Å². The van der Waals surface area contributed by atoms with Crippen LogP contribution in [0.15, 0.2) is 10.6 Å². The van der Waals surface area contributed by atoms with E-state index in [0.29, 0.717) is 23.1 Å². The second-order valence-corrected chi connectivity index (χ2v) is 3.47. The van der Waals surface area contributed by atoms with Crippen molar-refractivity contribution >= 4 is 29.2 Å². The highest BCUT2D eigenvalue weighted by Crippen LogP contribution is 2.27. The molecule has 1 heterocycles. The number of carbonyl (C=O) groups is 1. The molecule has 0 amide bonds. The van der Waals surface area contributed by atoms with E-state index in [4.69, 9.17) is 32.7 Å². The highest BCUT2D eigenvalue weighted by molar-refractivity contribution is 6.32. The number of carbonyl (C=O) groups excluding carboxylic acids is 1. The van der Waals surface area contributed by atoms with Crippen LogP contribution in [0.4, 0.5) is 0 Å². The zero-order valence-corrected chi connectivity index (χ0v) is 8.69. The van der Waals surface area contributed by atoms with Crippen LogP contribution in [-0.4, -0.2) is 32.2 Å². The monoisotopic (exact) mass is 224 g/mol. The lowest BCUT2D eigenvalue weighted by Crippen LogP contribution is -2.08. The fraction of sp³-hybridized carbons (Fsp3) is 0.625. The Morgan fingerprint density at radius 3 is 3.00 bits per heavy atom. The second-order valence-electron chi connectivity index (χ2n) is 2.70. The van der Waals surface area contributed by atoms with E-state index in [1.54, 1.807) is 0 Å². The number of hydrogen-bond donors (Lipinski definition) is 0. The first-order valence-corrected chi connectivity index (χ1v) is 4.72. The minimum Gasteiger partial charge on any atom is -0.462 e. The number of ether oxygens (including phenoxy) is 2. The van der Waals surface area contributed by atoms with Crippen LogP contribution in [0, 0.1) is 5.92 Å². The minimum absolute atomic E-state index is 0.100. The Labute approximate surface area is 86.6 Å². The number of methoxy groups -OCH3 is 1. The Balaban J connectivity index is 2.84. The van der Waals surface area contributed by atoms with Crippen molar-refractivity contribution in [3.63, 3.8) is 0 Å². The molecule has 5 heteroatoms. The van der Waals surface area contributed by atoms with Crippen molar-refractivity contribution in [1.29, 1.82) is 0 Å². The summed E-state index contributed by atoms with van der Waals surface area (Å²) in [6, 6.07) is 0. The zero-order valence-electron chi connectivity index (χ0n) is 7.18. The van der Waals surface area contributed by atoms with Gasteiger partial charge in [-0.25, -0.2) is 4.79 Å². The molecule has 0 aromatic rings. The maximum absolute atomic E-state index is 11.2. The normalized spacial score (nSPS) is 26.1. The van der Waals surface area contributed by atoms with Crippen molar-refractivity contribution in [2.24, 2.45) is 5.92 Å². The first-order chi connectivity index (χ1) is 6.20. The maximum Gasteiger partial charge on any atom is 0.335 e. The summed E-state index contributed by atoms with van der Waals surface area (Å²) >= 11 is 11.5. The first-order valence-electron chi connectivity index (χ1n) is 3.81. The third kappa shape index (κ3) is 2.36. The smallest absolute Gasteiger partial charge is 0.335 e. The third-order valence-electron chi connectivity index (χ3n) is 1.79. The van der Waals surface area contributed by atoms with E-state index in [-0.39, 0.29) is 18.5 Å². The van der Waals surface area contributed by atoms with Gasteiger partial charge in [0.15, 0.2) is 0 Å². The molecule has 0 N–H and O–H groups in total. The van der Waals surface area contributed by atoms with E-state index in [2.05, 4.69) is 0 Å². The van der Waals surface area contributed by atoms with E-state index in [1.807, 2.05) is 0 Å². The van der Waals surface area contributed by atoms with Gasteiger partial charge in [0.2, 0.25) is 0 Å². The minimum atomic E-state index is -0.382. The topological polar surface area (TPSA) is 35.5 Å². The third-order valence-corrected chi connectivity index (χ3v) is 2.48. The molecule has 0 aromatic carbocycles. The van der Waals surface area contributed by atoms with Crippen LogP contribution in [0.5, 0.6) is 0 Å². The quantitative estimate of drug-likeness (QED) is 0.415. The Kier molecular flexibility index (Phi) is 4.03. The summed E-state index contributed by atoms with van der Waals surface area (Å²) in [4.78, 5) is 11.2. The van der Waals surface area contributed by atoms with Crippen molar-refractivity contribution in [3.05, 3.63) is 10.6 Å². The number of hydrogen-bond acceptors (Lipinski definition) is 3. The lowest BCUT2D eigenvalue weighted by atomic mass is 10.0. The number of rotatable bonds is 3. The fourth-order valence-electron chi connectivity index (χ4n) is 1.16. The van der Waals surface area contributed by atoms with Gasteiger partial charge in [0.1, 0.15) is 0 Å². The molecule has 13 heavy (non-hydrogen) atoms. The molecule has 74 valence electrons. The molecular weight excluding hydrogens is 215 g/mol. The molecule has 0 aromatic heterocycles. The Hall–Kier alpha value is -0.250. The highest BCUT2D eigenvalue weighted by atomic mass is 35.5. The number of cyclic esters (lactones) is 1. The maximum atomic E-state index is 11.2. The van der Waals surface area contributed by atoms with Crippen molar-refractivity contribution in [3.8, 4) is 0 Å². The van der Waals surface area contributed by atoms with E-state index < -0.39 is 0 Å². The van der Waals surface area contributed by atoms with Crippen molar-refractivity contribution in [2.45, 2.75) is 0 Å². The molecule has 0 unspecified atom stereocenters. The molecule has 1 fully saturated rings. The van der Waals surface area contributed by atoms with Gasteiger partial charge in [0.25, 0.3) is 0 Å². The standard InChI is InChI=1S/C8H10Cl2O3/c1-12-4-6(10)7-5(2-9)3-13-8(7)11/h5H,2-4H2,1H3/b7-6+/t5-/m0/s1. The van der Waals surface area contributed by atoms with Crippen LogP contribution in [0.3, 0.4) is 0 Å². The van der Waals surface area contributed by atoms with E-state index in [9.17, 15) is 4.79 Å².